The van der Waals surface area contributed by atoms with Crippen LogP contribution in [0, 0.1) is 0 Å². The largest absolute Gasteiger partial charge is 0.282 e. The molecule has 0 unspecified atom stereocenters. The third kappa shape index (κ3) is 3.14. The number of thiophene rings is 1. The van der Waals surface area contributed by atoms with E-state index in [0.717, 1.165) is 8.96 Å². The number of rotatable bonds is 4. The van der Waals surface area contributed by atoms with Crippen LogP contribution >= 0.6 is 22.9 Å². The van der Waals surface area contributed by atoms with Crippen molar-refractivity contribution in [3.05, 3.63) is 69.6 Å². The number of aromatic nitrogens is 2. The Labute approximate surface area is 137 Å². The van der Waals surface area contributed by atoms with Gasteiger partial charge in [0, 0.05) is 16.1 Å². The normalized spacial score (nSPS) is 12.0. The van der Waals surface area contributed by atoms with Crippen molar-refractivity contribution >= 4 is 45.1 Å². The third-order valence-electron chi connectivity index (χ3n) is 2.91. The molecule has 2 aromatic heterocycles. The molecule has 0 amide bonds. The van der Waals surface area contributed by atoms with E-state index in [1.165, 1.54) is 30.5 Å². The Morgan fingerprint density at radius 2 is 1.86 bits per heavy atom. The van der Waals surface area contributed by atoms with Gasteiger partial charge in [-0.25, -0.2) is 0 Å². The van der Waals surface area contributed by atoms with Crippen LogP contribution in [0.15, 0.2) is 58.9 Å². The van der Waals surface area contributed by atoms with Gasteiger partial charge in [0.15, 0.2) is 0 Å². The molecule has 0 aliphatic rings. The molecule has 0 atom stereocenters. The molecule has 0 radical (unpaired) electrons. The number of hydrogen-bond acceptors (Lipinski definition) is 4. The Balaban J connectivity index is 1.88. The van der Waals surface area contributed by atoms with Gasteiger partial charge in [0.2, 0.25) is 0 Å². The quantitative estimate of drug-likeness (QED) is 0.714. The van der Waals surface area contributed by atoms with Crippen LogP contribution < -0.4 is 0 Å². The summed E-state index contributed by atoms with van der Waals surface area (Å²) in [5.74, 6) is 0. The minimum absolute atomic E-state index is 0.147. The monoisotopic (exact) mass is 350 g/mol. The van der Waals surface area contributed by atoms with Crippen molar-refractivity contribution in [1.82, 2.24) is 9.19 Å². The standard InChI is InChI=1S/C15H11ClN2O2S2/c16-12-3-7-15(8-4-12)22(19,20)18-10-9-13(17-18)5-6-14-2-1-11-21-14/h1-11H. The maximum Gasteiger partial charge on any atom is 0.282 e. The second kappa shape index (κ2) is 6.08. The lowest BCUT2D eigenvalue weighted by molar-refractivity contribution is 0.580. The zero-order valence-corrected chi connectivity index (χ0v) is 13.6. The molecule has 0 bridgehead atoms. The van der Waals surface area contributed by atoms with E-state index in [4.69, 9.17) is 11.6 Å². The molecular formula is C15H11ClN2O2S2. The van der Waals surface area contributed by atoms with Crippen LogP contribution in [0.1, 0.15) is 10.6 Å². The first-order valence-electron chi connectivity index (χ1n) is 6.34. The fourth-order valence-electron chi connectivity index (χ4n) is 1.81. The van der Waals surface area contributed by atoms with Gasteiger partial charge in [-0.15, -0.1) is 11.3 Å². The van der Waals surface area contributed by atoms with Crippen LogP contribution in [-0.4, -0.2) is 17.6 Å². The summed E-state index contributed by atoms with van der Waals surface area (Å²) >= 11 is 7.38. The highest BCUT2D eigenvalue weighted by atomic mass is 35.5. The molecule has 0 aliphatic heterocycles. The molecule has 7 heteroatoms. The van der Waals surface area contributed by atoms with E-state index >= 15 is 0 Å². The number of hydrogen-bond donors (Lipinski definition) is 0. The van der Waals surface area contributed by atoms with Crippen LogP contribution in [0.25, 0.3) is 12.2 Å². The first kappa shape index (κ1) is 15.0. The Morgan fingerprint density at radius 3 is 2.55 bits per heavy atom. The number of halogens is 1. The Bertz CT molecular complexity index is 895. The summed E-state index contributed by atoms with van der Waals surface area (Å²) in [5.41, 5.74) is 0.575. The summed E-state index contributed by atoms with van der Waals surface area (Å²) in [6.07, 6.45) is 5.10. The maximum atomic E-state index is 12.4. The lowest BCUT2D eigenvalue weighted by atomic mass is 10.3. The van der Waals surface area contributed by atoms with Crippen molar-refractivity contribution in [1.29, 1.82) is 0 Å². The summed E-state index contributed by atoms with van der Waals surface area (Å²) in [7, 11) is -3.69. The average molecular weight is 351 g/mol. The van der Waals surface area contributed by atoms with Crippen molar-refractivity contribution in [3.63, 3.8) is 0 Å². The summed E-state index contributed by atoms with van der Waals surface area (Å²) in [6.45, 7) is 0. The highest BCUT2D eigenvalue weighted by Crippen LogP contribution is 2.17. The molecule has 0 N–H and O–H groups in total. The van der Waals surface area contributed by atoms with Gasteiger partial charge >= 0.3 is 0 Å². The number of benzene rings is 1. The Morgan fingerprint density at radius 1 is 1.09 bits per heavy atom. The van der Waals surface area contributed by atoms with E-state index in [1.807, 2.05) is 23.6 Å². The van der Waals surface area contributed by atoms with E-state index < -0.39 is 10.0 Å². The van der Waals surface area contributed by atoms with Gasteiger partial charge in [0.1, 0.15) is 0 Å². The zero-order chi connectivity index (χ0) is 15.6. The lowest BCUT2D eigenvalue weighted by Crippen LogP contribution is -2.13. The molecule has 0 saturated carbocycles. The van der Waals surface area contributed by atoms with E-state index in [0.29, 0.717) is 10.7 Å². The molecule has 0 spiro atoms. The fraction of sp³-hybridized carbons (Fsp3) is 0. The van der Waals surface area contributed by atoms with Crippen molar-refractivity contribution in [2.45, 2.75) is 4.90 Å². The van der Waals surface area contributed by atoms with Crippen LogP contribution in [0.4, 0.5) is 0 Å². The second-order valence-corrected chi connectivity index (χ2v) is 7.63. The molecular weight excluding hydrogens is 340 g/mol. The lowest BCUT2D eigenvalue weighted by Gasteiger charge is -2.03. The van der Waals surface area contributed by atoms with Crippen molar-refractivity contribution in [3.8, 4) is 0 Å². The van der Waals surface area contributed by atoms with Crippen molar-refractivity contribution in [2.75, 3.05) is 0 Å². The Kier molecular flexibility index (Phi) is 4.15. The average Bonchev–Trinajstić information content (AvgIpc) is 3.17. The molecule has 0 aliphatic carbocycles. The third-order valence-corrected chi connectivity index (χ3v) is 5.56. The van der Waals surface area contributed by atoms with E-state index in [-0.39, 0.29) is 4.90 Å². The van der Waals surface area contributed by atoms with Gasteiger partial charge in [-0.05, 0) is 53.9 Å². The summed E-state index contributed by atoms with van der Waals surface area (Å²) in [6, 6.07) is 11.6. The summed E-state index contributed by atoms with van der Waals surface area (Å²) in [4.78, 5) is 1.23. The topological polar surface area (TPSA) is 52.0 Å². The molecule has 22 heavy (non-hydrogen) atoms. The number of nitrogens with zero attached hydrogens (tertiary/aromatic N) is 2. The molecule has 2 heterocycles. The van der Waals surface area contributed by atoms with Crippen LogP contribution in [-0.2, 0) is 10.0 Å². The first-order chi connectivity index (χ1) is 10.6. The molecule has 3 aromatic rings. The molecule has 1 aromatic carbocycles. The molecule has 112 valence electrons. The molecule has 0 fully saturated rings. The first-order valence-corrected chi connectivity index (χ1v) is 9.04. The van der Waals surface area contributed by atoms with Gasteiger partial charge in [0.05, 0.1) is 10.6 Å². The zero-order valence-electron chi connectivity index (χ0n) is 11.3. The highest BCUT2D eigenvalue weighted by Gasteiger charge is 2.17. The van der Waals surface area contributed by atoms with Gasteiger partial charge in [0.25, 0.3) is 10.0 Å². The Hall–Kier alpha value is -1.89. The van der Waals surface area contributed by atoms with Gasteiger partial charge < -0.3 is 0 Å². The summed E-state index contributed by atoms with van der Waals surface area (Å²) < 4.78 is 25.8. The smallest absolute Gasteiger partial charge is 0.199 e. The fourth-order valence-corrected chi connectivity index (χ4v) is 3.67. The van der Waals surface area contributed by atoms with Crippen molar-refractivity contribution < 1.29 is 8.42 Å². The van der Waals surface area contributed by atoms with Crippen molar-refractivity contribution in [2.24, 2.45) is 0 Å². The highest BCUT2D eigenvalue weighted by molar-refractivity contribution is 7.89. The van der Waals surface area contributed by atoms with E-state index in [1.54, 1.807) is 23.5 Å². The van der Waals surface area contributed by atoms with E-state index in [9.17, 15) is 8.42 Å². The minimum atomic E-state index is -3.69. The predicted octanol–water partition coefficient (Wildman–Crippen LogP) is 4.01. The van der Waals surface area contributed by atoms with Crippen LogP contribution in [0.2, 0.25) is 5.02 Å². The second-order valence-electron chi connectivity index (χ2n) is 4.42. The maximum absolute atomic E-state index is 12.4. The van der Waals surface area contributed by atoms with Crippen LogP contribution in [0.3, 0.4) is 0 Å². The van der Waals surface area contributed by atoms with Gasteiger partial charge in [-0.2, -0.15) is 17.6 Å². The minimum Gasteiger partial charge on any atom is -0.199 e. The van der Waals surface area contributed by atoms with Gasteiger partial charge in [-0.1, -0.05) is 17.7 Å². The molecule has 4 nitrogen and oxygen atoms in total. The predicted molar refractivity (Wildman–Crippen MR) is 89.5 cm³/mol. The van der Waals surface area contributed by atoms with E-state index in [2.05, 4.69) is 5.10 Å². The SMILES string of the molecule is O=S(=O)(c1ccc(Cl)cc1)n1ccc(C=Cc2cccs2)n1. The summed E-state index contributed by atoms with van der Waals surface area (Å²) in [5, 5.41) is 6.55. The van der Waals surface area contributed by atoms with Gasteiger partial charge in [-0.3, -0.25) is 0 Å². The molecule has 0 saturated heterocycles. The van der Waals surface area contributed by atoms with Crippen LogP contribution in [0.5, 0.6) is 0 Å². The molecule has 3 rings (SSSR count).